The van der Waals surface area contributed by atoms with E-state index in [9.17, 15) is 14.3 Å². The molecule has 0 aromatic heterocycles. The Bertz CT molecular complexity index is 537. The maximum atomic E-state index is 13.3. The SMILES string of the molecule is O=C(O)C1C2CCCC2CN1Cc1cc(F)ccc1Cl. The molecule has 3 atom stereocenters. The van der Waals surface area contributed by atoms with E-state index in [4.69, 9.17) is 11.6 Å². The van der Waals surface area contributed by atoms with E-state index >= 15 is 0 Å². The summed E-state index contributed by atoms with van der Waals surface area (Å²) in [5.41, 5.74) is 0.665. The number of benzene rings is 1. The van der Waals surface area contributed by atoms with Crippen molar-refractivity contribution < 1.29 is 14.3 Å². The second-order valence-corrected chi connectivity index (χ2v) is 6.21. The molecule has 1 aliphatic carbocycles. The molecule has 1 saturated heterocycles. The molecule has 1 aromatic carbocycles. The van der Waals surface area contributed by atoms with E-state index in [0.717, 1.165) is 25.8 Å². The van der Waals surface area contributed by atoms with Crippen LogP contribution in [0.15, 0.2) is 18.2 Å². The molecule has 108 valence electrons. The number of halogens is 2. The summed E-state index contributed by atoms with van der Waals surface area (Å²) in [5, 5.41) is 9.98. The van der Waals surface area contributed by atoms with Gasteiger partial charge in [0, 0.05) is 18.1 Å². The first kappa shape index (κ1) is 13.8. The van der Waals surface area contributed by atoms with Crippen molar-refractivity contribution in [1.82, 2.24) is 4.90 Å². The molecule has 5 heteroatoms. The van der Waals surface area contributed by atoms with Crippen molar-refractivity contribution in [2.75, 3.05) is 6.54 Å². The van der Waals surface area contributed by atoms with Crippen LogP contribution < -0.4 is 0 Å². The maximum absolute atomic E-state index is 13.3. The van der Waals surface area contributed by atoms with E-state index in [1.165, 1.54) is 18.2 Å². The lowest BCUT2D eigenvalue weighted by Gasteiger charge is -2.24. The number of hydrogen-bond acceptors (Lipinski definition) is 2. The fourth-order valence-electron chi connectivity index (χ4n) is 3.78. The molecule has 1 N–H and O–H groups in total. The molecule has 20 heavy (non-hydrogen) atoms. The van der Waals surface area contributed by atoms with Gasteiger partial charge in [-0.2, -0.15) is 0 Å². The highest BCUT2D eigenvalue weighted by Gasteiger charge is 2.47. The number of rotatable bonds is 3. The van der Waals surface area contributed by atoms with Crippen LogP contribution >= 0.6 is 11.6 Å². The van der Waals surface area contributed by atoms with Crippen molar-refractivity contribution in [2.24, 2.45) is 11.8 Å². The van der Waals surface area contributed by atoms with E-state index in [-0.39, 0.29) is 11.7 Å². The van der Waals surface area contributed by atoms with Crippen molar-refractivity contribution in [3.05, 3.63) is 34.6 Å². The van der Waals surface area contributed by atoms with Gasteiger partial charge in [-0.15, -0.1) is 0 Å². The van der Waals surface area contributed by atoms with Crippen LogP contribution in [-0.2, 0) is 11.3 Å². The van der Waals surface area contributed by atoms with E-state index in [1.54, 1.807) is 0 Å². The molecule has 0 radical (unpaired) electrons. The fourth-order valence-corrected chi connectivity index (χ4v) is 3.96. The number of carboxylic acid groups (broad SMARTS) is 1. The molecule has 1 heterocycles. The van der Waals surface area contributed by atoms with Gasteiger partial charge in [0.25, 0.3) is 0 Å². The summed E-state index contributed by atoms with van der Waals surface area (Å²) in [7, 11) is 0. The second kappa shape index (κ2) is 5.34. The first-order valence-corrected chi connectivity index (χ1v) is 7.35. The van der Waals surface area contributed by atoms with Crippen LogP contribution in [0.3, 0.4) is 0 Å². The van der Waals surface area contributed by atoms with Gasteiger partial charge in [-0.1, -0.05) is 18.0 Å². The third-order valence-electron chi connectivity index (χ3n) is 4.62. The first-order chi connectivity index (χ1) is 9.56. The van der Waals surface area contributed by atoms with Crippen LogP contribution in [-0.4, -0.2) is 28.6 Å². The zero-order valence-electron chi connectivity index (χ0n) is 11.1. The minimum atomic E-state index is -0.771. The zero-order chi connectivity index (χ0) is 14.3. The smallest absolute Gasteiger partial charge is 0.321 e. The van der Waals surface area contributed by atoms with Gasteiger partial charge in [0.15, 0.2) is 0 Å². The lowest BCUT2D eigenvalue weighted by atomic mass is 9.94. The van der Waals surface area contributed by atoms with E-state index in [2.05, 4.69) is 0 Å². The van der Waals surface area contributed by atoms with Gasteiger partial charge in [-0.05, 0) is 48.4 Å². The third kappa shape index (κ3) is 2.42. The summed E-state index contributed by atoms with van der Waals surface area (Å²) in [5.74, 6) is -0.411. The van der Waals surface area contributed by atoms with Gasteiger partial charge in [0.1, 0.15) is 11.9 Å². The molecule has 1 aliphatic heterocycles. The molecule has 2 aliphatic rings. The van der Waals surface area contributed by atoms with Crippen molar-refractivity contribution in [3.63, 3.8) is 0 Å². The highest BCUT2D eigenvalue weighted by molar-refractivity contribution is 6.31. The summed E-state index contributed by atoms with van der Waals surface area (Å²) < 4.78 is 13.3. The average molecular weight is 298 g/mol. The van der Waals surface area contributed by atoms with E-state index in [1.807, 2.05) is 4.90 Å². The molecule has 1 aromatic rings. The molecular weight excluding hydrogens is 281 g/mol. The quantitative estimate of drug-likeness (QED) is 0.931. The largest absolute Gasteiger partial charge is 0.480 e. The van der Waals surface area contributed by atoms with Crippen molar-refractivity contribution >= 4 is 17.6 Å². The minimum Gasteiger partial charge on any atom is -0.480 e. The van der Waals surface area contributed by atoms with Gasteiger partial charge in [0.05, 0.1) is 0 Å². The minimum absolute atomic E-state index is 0.236. The predicted molar refractivity (Wildman–Crippen MR) is 74.1 cm³/mol. The highest BCUT2D eigenvalue weighted by atomic mass is 35.5. The van der Waals surface area contributed by atoms with Crippen LogP contribution in [0.5, 0.6) is 0 Å². The lowest BCUT2D eigenvalue weighted by molar-refractivity contribution is -0.143. The molecule has 0 bridgehead atoms. The monoisotopic (exact) mass is 297 g/mol. The number of fused-ring (bicyclic) bond motifs is 1. The predicted octanol–water partition coefficient (Wildman–Crippen LogP) is 3.16. The Balaban J connectivity index is 1.82. The van der Waals surface area contributed by atoms with Gasteiger partial charge in [-0.3, -0.25) is 9.69 Å². The Hall–Kier alpha value is -1.13. The molecule has 0 spiro atoms. The normalized spacial score (nSPS) is 29.6. The van der Waals surface area contributed by atoms with Gasteiger partial charge < -0.3 is 5.11 Å². The van der Waals surface area contributed by atoms with Crippen molar-refractivity contribution in [2.45, 2.75) is 31.8 Å². The second-order valence-electron chi connectivity index (χ2n) is 5.80. The topological polar surface area (TPSA) is 40.5 Å². The van der Waals surface area contributed by atoms with Gasteiger partial charge in [0.2, 0.25) is 0 Å². The molecule has 0 amide bonds. The van der Waals surface area contributed by atoms with Gasteiger partial charge >= 0.3 is 5.97 Å². The maximum Gasteiger partial charge on any atom is 0.321 e. The Morgan fingerprint density at radius 3 is 3.00 bits per heavy atom. The highest BCUT2D eigenvalue weighted by Crippen LogP contribution is 2.43. The van der Waals surface area contributed by atoms with E-state index < -0.39 is 12.0 Å². The number of likely N-dealkylation sites (tertiary alicyclic amines) is 1. The number of nitrogens with zero attached hydrogens (tertiary/aromatic N) is 1. The molecule has 2 fully saturated rings. The van der Waals surface area contributed by atoms with Crippen molar-refractivity contribution in [1.29, 1.82) is 0 Å². The van der Waals surface area contributed by atoms with Crippen molar-refractivity contribution in [3.8, 4) is 0 Å². The number of carbonyl (C=O) groups is 1. The Morgan fingerprint density at radius 2 is 2.25 bits per heavy atom. The van der Waals surface area contributed by atoms with Crippen LogP contribution in [0.4, 0.5) is 4.39 Å². The average Bonchev–Trinajstić information content (AvgIpc) is 2.93. The third-order valence-corrected chi connectivity index (χ3v) is 4.99. The number of carboxylic acids is 1. The summed E-state index contributed by atoms with van der Waals surface area (Å²) in [6.45, 7) is 1.18. The molecular formula is C15H17ClFNO2. The Kier molecular flexibility index (Phi) is 3.69. The van der Waals surface area contributed by atoms with Crippen LogP contribution in [0.25, 0.3) is 0 Å². The summed E-state index contributed by atoms with van der Waals surface area (Å²) >= 11 is 6.08. The van der Waals surface area contributed by atoms with Crippen LogP contribution in [0.1, 0.15) is 24.8 Å². The number of hydrogen-bond donors (Lipinski definition) is 1. The summed E-state index contributed by atoms with van der Waals surface area (Å²) in [6.07, 6.45) is 3.20. The number of aliphatic carboxylic acids is 1. The Labute approximate surface area is 122 Å². The molecule has 1 saturated carbocycles. The molecule has 3 nitrogen and oxygen atoms in total. The molecule has 3 rings (SSSR count). The lowest BCUT2D eigenvalue weighted by Crippen LogP contribution is -2.39. The van der Waals surface area contributed by atoms with E-state index in [0.29, 0.717) is 23.0 Å². The van der Waals surface area contributed by atoms with Gasteiger partial charge in [-0.25, -0.2) is 4.39 Å². The summed E-state index contributed by atoms with van der Waals surface area (Å²) in [4.78, 5) is 13.5. The first-order valence-electron chi connectivity index (χ1n) is 6.97. The Morgan fingerprint density at radius 1 is 1.45 bits per heavy atom. The fraction of sp³-hybridized carbons (Fsp3) is 0.533. The molecule has 3 unspecified atom stereocenters. The van der Waals surface area contributed by atoms with Crippen LogP contribution in [0.2, 0.25) is 5.02 Å². The zero-order valence-corrected chi connectivity index (χ0v) is 11.8. The summed E-state index contributed by atoms with van der Waals surface area (Å²) in [6, 6.07) is 3.79. The van der Waals surface area contributed by atoms with Crippen LogP contribution in [0, 0.1) is 17.7 Å². The standard InChI is InChI=1S/C15H17ClFNO2/c16-13-5-4-11(17)6-10(13)8-18-7-9-2-1-3-12(9)14(18)15(19)20/h4-6,9,12,14H,1-3,7-8H2,(H,19,20).